The number of nitrogens with zero attached hydrogens (tertiary/aromatic N) is 6. The van der Waals surface area contributed by atoms with Crippen molar-refractivity contribution in [1.29, 1.82) is 0 Å². The molecule has 0 saturated heterocycles. The van der Waals surface area contributed by atoms with E-state index in [1.165, 1.54) is 0 Å². The fourth-order valence-electron chi connectivity index (χ4n) is 5.00. The molecule has 1 amide bonds. The second-order valence-electron chi connectivity index (χ2n) is 9.17. The third-order valence-corrected chi connectivity index (χ3v) is 6.86. The number of carbonyl (C=O) groups is 1. The average molecular weight is 451 g/mol. The van der Waals surface area contributed by atoms with E-state index in [1.807, 2.05) is 24.2 Å². The highest BCUT2D eigenvalue weighted by Crippen LogP contribution is 2.57. The molecule has 0 aromatic carbocycles. The van der Waals surface area contributed by atoms with E-state index in [0.29, 0.717) is 29.8 Å². The number of aliphatic hydroxyl groups excluding tert-OH is 1. The summed E-state index contributed by atoms with van der Waals surface area (Å²) in [6.07, 6.45) is 9.65. The molecule has 2 atom stereocenters. The second-order valence-corrected chi connectivity index (χ2v) is 9.17. The molecule has 11 nitrogen and oxygen atoms in total. The van der Waals surface area contributed by atoms with Gasteiger partial charge in [0, 0.05) is 31.0 Å². The van der Waals surface area contributed by atoms with Crippen LogP contribution < -0.4 is 15.0 Å². The number of fused-ring (bicyclic) bond motifs is 2. The number of aryl methyl sites for hydroxylation is 1. The first kappa shape index (κ1) is 20.2. The van der Waals surface area contributed by atoms with Crippen molar-refractivity contribution in [1.82, 2.24) is 29.9 Å². The van der Waals surface area contributed by atoms with Gasteiger partial charge in [-0.3, -0.25) is 14.4 Å². The van der Waals surface area contributed by atoms with E-state index in [9.17, 15) is 9.90 Å². The van der Waals surface area contributed by atoms with Crippen molar-refractivity contribution >= 4 is 23.4 Å². The quantitative estimate of drug-likeness (QED) is 0.519. The molecule has 33 heavy (non-hydrogen) atoms. The predicted octanol–water partition coefficient (Wildman–Crippen LogP) is 1.94. The molecule has 3 aromatic rings. The summed E-state index contributed by atoms with van der Waals surface area (Å²) < 4.78 is 7.54. The number of nitrogens with one attached hydrogen (secondary N) is 2. The number of hydrogen-bond donors (Lipinski definition) is 3. The minimum atomic E-state index is -0.469. The number of H-pyrrole nitrogens is 1. The maximum atomic E-state index is 13.4. The maximum absolute atomic E-state index is 13.4. The van der Waals surface area contributed by atoms with E-state index >= 15 is 0 Å². The van der Waals surface area contributed by atoms with E-state index in [-0.39, 0.29) is 24.7 Å². The standard InChI is InChI=1S/C22H26N8O3/c1-29-8-5-13(28-29)12-33-19-17(11-24-27-19)25-21-23-10-16-18(26-21)30(20(32)22(16)6-7-22)14-3-2-4-15(31)9-14/h5,8,10-11,14-15,31H,2-4,6-7,9,12H2,1H3,(H,24,27)(H,23,25,26)/t14-,15-/m1/s1. The van der Waals surface area contributed by atoms with Crippen LogP contribution in [0.2, 0.25) is 0 Å². The number of anilines is 3. The summed E-state index contributed by atoms with van der Waals surface area (Å²) >= 11 is 0. The molecule has 1 spiro atoms. The smallest absolute Gasteiger partial charge is 0.239 e. The molecule has 6 rings (SSSR count). The van der Waals surface area contributed by atoms with Crippen LogP contribution in [0.3, 0.4) is 0 Å². The molecule has 3 N–H and O–H groups in total. The van der Waals surface area contributed by atoms with Crippen molar-refractivity contribution in [3.8, 4) is 5.88 Å². The highest BCUT2D eigenvalue weighted by Gasteiger charge is 2.61. The normalized spacial score (nSPS) is 23.1. The Balaban J connectivity index is 1.25. The molecule has 0 radical (unpaired) electrons. The van der Waals surface area contributed by atoms with Gasteiger partial charge in [0.15, 0.2) is 0 Å². The largest absolute Gasteiger partial charge is 0.470 e. The molecule has 2 saturated carbocycles. The van der Waals surface area contributed by atoms with E-state index < -0.39 is 5.41 Å². The number of ether oxygens (including phenoxy) is 1. The molecular formula is C22H26N8O3. The van der Waals surface area contributed by atoms with E-state index in [1.54, 1.807) is 17.1 Å². The minimum Gasteiger partial charge on any atom is -0.470 e. The Kier molecular flexibility index (Phi) is 4.61. The predicted molar refractivity (Wildman–Crippen MR) is 118 cm³/mol. The summed E-state index contributed by atoms with van der Waals surface area (Å²) in [7, 11) is 1.85. The van der Waals surface area contributed by atoms with Crippen LogP contribution in [0.5, 0.6) is 5.88 Å². The molecule has 3 aliphatic rings. The molecule has 3 aromatic heterocycles. The van der Waals surface area contributed by atoms with Crippen molar-refractivity contribution in [3.05, 3.63) is 35.9 Å². The third-order valence-electron chi connectivity index (χ3n) is 6.86. The Morgan fingerprint density at radius 2 is 2.21 bits per heavy atom. The van der Waals surface area contributed by atoms with Crippen molar-refractivity contribution in [2.24, 2.45) is 7.05 Å². The van der Waals surface area contributed by atoms with E-state index in [0.717, 1.165) is 43.4 Å². The van der Waals surface area contributed by atoms with Gasteiger partial charge in [0.2, 0.25) is 17.7 Å². The molecule has 2 aliphatic carbocycles. The van der Waals surface area contributed by atoms with Gasteiger partial charge in [0.1, 0.15) is 18.1 Å². The zero-order valence-electron chi connectivity index (χ0n) is 18.4. The number of amides is 1. The monoisotopic (exact) mass is 450 g/mol. The molecule has 0 unspecified atom stereocenters. The fraction of sp³-hybridized carbons (Fsp3) is 0.500. The SMILES string of the molecule is Cn1ccc(COc2[nH]ncc2Nc2ncc3c(n2)N([C@@H]2CCC[C@@H](O)C2)C(=O)C32CC2)n1. The van der Waals surface area contributed by atoms with Gasteiger partial charge in [0.25, 0.3) is 0 Å². The number of hydrogen-bond acceptors (Lipinski definition) is 8. The zero-order valence-corrected chi connectivity index (χ0v) is 18.4. The number of rotatable bonds is 6. The fourth-order valence-corrected chi connectivity index (χ4v) is 5.00. The summed E-state index contributed by atoms with van der Waals surface area (Å²) in [6, 6.07) is 1.85. The van der Waals surface area contributed by atoms with E-state index in [2.05, 4.69) is 25.6 Å². The number of aromatic nitrogens is 6. The highest BCUT2D eigenvalue weighted by molar-refractivity contribution is 6.09. The summed E-state index contributed by atoms with van der Waals surface area (Å²) in [4.78, 5) is 24.4. The number of aliphatic hydroxyl groups is 1. The summed E-state index contributed by atoms with van der Waals surface area (Å²) in [5.41, 5.74) is 1.82. The van der Waals surface area contributed by atoms with Crippen LogP contribution in [0.25, 0.3) is 0 Å². The van der Waals surface area contributed by atoms with E-state index in [4.69, 9.17) is 9.72 Å². The van der Waals surface area contributed by atoms with Gasteiger partial charge in [-0.25, -0.2) is 10.1 Å². The molecule has 4 heterocycles. The van der Waals surface area contributed by atoms with Gasteiger partial charge in [-0.1, -0.05) is 0 Å². The van der Waals surface area contributed by atoms with Gasteiger partial charge < -0.3 is 15.2 Å². The Hall–Kier alpha value is -3.47. The molecule has 1 aliphatic heterocycles. The second kappa shape index (κ2) is 7.55. The van der Waals surface area contributed by atoms with Crippen LogP contribution in [0, 0.1) is 0 Å². The topological polar surface area (TPSA) is 134 Å². The molecular weight excluding hydrogens is 424 g/mol. The summed E-state index contributed by atoms with van der Waals surface area (Å²) in [5, 5.41) is 24.6. The average Bonchev–Trinajstić information content (AvgIpc) is 3.21. The lowest BCUT2D eigenvalue weighted by molar-refractivity contribution is -0.121. The Morgan fingerprint density at radius 3 is 2.97 bits per heavy atom. The zero-order chi connectivity index (χ0) is 22.6. The van der Waals surface area contributed by atoms with Crippen LogP contribution in [-0.2, 0) is 23.9 Å². The van der Waals surface area contributed by atoms with Crippen LogP contribution in [0.1, 0.15) is 49.8 Å². The van der Waals surface area contributed by atoms with Gasteiger partial charge in [-0.15, -0.1) is 0 Å². The lowest BCUT2D eigenvalue weighted by Crippen LogP contribution is -2.44. The van der Waals surface area contributed by atoms with Crippen molar-refractivity contribution in [2.45, 2.75) is 62.7 Å². The van der Waals surface area contributed by atoms with Gasteiger partial charge >= 0.3 is 0 Å². The van der Waals surface area contributed by atoms with Crippen molar-refractivity contribution in [3.63, 3.8) is 0 Å². The summed E-state index contributed by atoms with van der Waals surface area (Å²) in [6.45, 7) is 0.289. The first-order valence-corrected chi connectivity index (χ1v) is 11.3. The maximum Gasteiger partial charge on any atom is 0.239 e. The first-order valence-electron chi connectivity index (χ1n) is 11.3. The van der Waals surface area contributed by atoms with Crippen LogP contribution >= 0.6 is 0 Å². The van der Waals surface area contributed by atoms with Crippen molar-refractivity contribution < 1.29 is 14.6 Å². The molecule has 172 valence electrons. The lowest BCUT2D eigenvalue weighted by Gasteiger charge is -2.33. The highest BCUT2D eigenvalue weighted by atomic mass is 16.5. The molecule has 0 bridgehead atoms. The van der Waals surface area contributed by atoms with Gasteiger partial charge in [0.05, 0.1) is 23.4 Å². The minimum absolute atomic E-state index is 0.0334. The Bertz CT molecular complexity index is 1200. The summed E-state index contributed by atoms with van der Waals surface area (Å²) in [5.74, 6) is 1.58. The van der Waals surface area contributed by atoms with Crippen LogP contribution in [-0.4, -0.2) is 53.1 Å². The number of carbonyl (C=O) groups excluding carboxylic acids is 1. The number of aromatic amines is 1. The van der Waals surface area contributed by atoms with Crippen molar-refractivity contribution in [2.75, 3.05) is 10.2 Å². The van der Waals surface area contributed by atoms with Crippen LogP contribution in [0.15, 0.2) is 24.7 Å². The molecule has 11 heteroatoms. The first-order chi connectivity index (χ1) is 16.0. The lowest BCUT2D eigenvalue weighted by atomic mass is 9.92. The molecule has 2 fully saturated rings. The van der Waals surface area contributed by atoms with Crippen LogP contribution in [0.4, 0.5) is 17.5 Å². The third kappa shape index (κ3) is 3.43. The van der Waals surface area contributed by atoms with Gasteiger partial charge in [-0.2, -0.15) is 15.2 Å². The Labute approximate surface area is 190 Å². The Morgan fingerprint density at radius 1 is 1.33 bits per heavy atom. The van der Waals surface area contributed by atoms with Gasteiger partial charge in [-0.05, 0) is 44.6 Å².